The van der Waals surface area contributed by atoms with Gasteiger partial charge in [0.25, 0.3) is 0 Å². The minimum absolute atomic E-state index is 0.0477. The van der Waals surface area contributed by atoms with Gasteiger partial charge in [0.15, 0.2) is 5.65 Å². The monoisotopic (exact) mass is 499 g/mol. The lowest BCUT2D eigenvalue weighted by Gasteiger charge is -2.41. The van der Waals surface area contributed by atoms with Gasteiger partial charge in [-0.1, -0.05) is 11.6 Å². The third kappa shape index (κ3) is 5.15. The van der Waals surface area contributed by atoms with E-state index in [2.05, 4.69) is 46.7 Å². The first-order valence-corrected chi connectivity index (χ1v) is 12.5. The van der Waals surface area contributed by atoms with E-state index in [0.29, 0.717) is 30.5 Å². The van der Waals surface area contributed by atoms with Crippen molar-refractivity contribution in [3.05, 3.63) is 35.9 Å². The number of rotatable bonds is 5. The van der Waals surface area contributed by atoms with Crippen LogP contribution in [0.25, 0.3) is 16.9 Å². The summed E-state index contributed by atoms with van der Waals surface area (Å²) in [6.45, 7) is 15.5. The van der Waals surface area contributed by atoms with E-state index in [0.717, 1.165) is 35.6 Å². The predicted octanol–water partition coefficient (Wildman–Crippen LogP) is 4.76. The highest BCUT2D eigenvalue weighted by atomic mass is 35.5. The summed E-state index contributed by atoms with van der Waals surface area (Å²) < 4.78 is 7.57. The van der Waals surface area contributed by atoms with Gasteiger partial charge in [-0.05, 0) is 47.6 Å². The van der Waals surface area contributed by atoms with Crippen LogP contribution < -0.4 is 9.80 Å². The Hall–Kier alpha value is -3.07. The van der Waals surface area contributed by atoms with Crippen molar-refractivity contribution in [2.24, 2.45) is 0 Å². The molecule has 10 heteroatoms. The van der Waals surface area contributed by atoms with Crippen molar-refractivity contribution in [2.45, 2.75) is 53.2 Å². The van der Waals surface area contributed by atoms with Gasteiger partial charge in [0.05, 0.1) is 11.1 Å². The lowest BCUT2D eigenvalue weighted by molar-refractivity contribution is 0.0218. The summed E-state index contributed by atoms with van der Waals surface area (Å²) in [4.78, 5) is 32.9. The molecule has 188 valence electrons. The number of fused-ring (bicyclic) bond motifs is 1. The smallest absolute Gasteiger partial charge is 0.410 e. The van der Waals surface area contributed by atoms with Gasteiger partial charge in [-0.3, -0.25) is 4.57 Å². The van der Waals surface area contributed by atoms with E-state index >= 15 is 0 Å². The second-order valence-electron chi connectivity index (χ2n) is 9.75. The van der Waals surface area contributed by atoms with Crippen LogP contribution in [0.15, 0.2) is 30.9 Å². The molecule has 0 bridgehead atoms. The zero-order valence-corrected chi connectivity index (χ0v) is 22.1. The lowest BCUT2D eigenvalue weighted by atomic mass is 10.1. The average molecular weight is 500 g/mol. The molecule has 35 heavy (non-hydrogen) atoms. The number of anilines is 2. The normalized spacial score (nSPS) is 16.6. The van der Waals surface area contributed by atoms with E-state index in [9.17, 15) is 4.79 Å². The van der Waals surface area contributed by atoms with Crippen molar-refractivity contribution in [1.29, 1.82) is 0 Å². The number of hydrogen-bond donors (Lipinski definition) is 0. The van der Waals surface area contributed by atoms with Crippen LogP contribution in [-0.4, -0.2) is 74.9 Å². The highest BCUT2D eigenvalue weighted by molar-refractivity contribution is 6.30. The van der Waals surface area contributed by atoms with Gasteiger partial charge < -0.3 is 19.4 Å². The van der Waals surface area contributed by atoms with Gasteiger partial charge >= 0.3 is 6.09 Å². The molecule has 1 unspecified atom stereocenters. The zero-order chi connectivity index (χ0) is 25.3. The van der Waals surface area contributed by atoms with Crippen LogP contribution >= 0.6 is 11.6 Å². The maximum atomic E-state index is 12.7. The van der Waals surface area contributed by atoms with Crippen LogP contribution in [0.2, 0.25) is 5.02 Å². The first-order chi connectivity index (χ1) is 16.6. The second kappa shape index (κ2) is 9.89. The molecule has 0 spiro atoms. The number of halogens is 1. The third-order valence-corrected chi connectivity index (χ3v) is 6.39. The van der Waals surface area contributed by atoms with Crippen LogP contribution in [0.4, 0.5) is 16.3 Å². The molecule has 1 saturated heterocycles. The largest absolute Gasteiger partial charge is 0.444 e. The van der Waals surface area contributed by atoms with Crippen molar-refractivity contribution in [3.8, 4) is 5.82 Å². The highest BCUT2D eigenvalue weighted by Gasteiger charge is 2.32. The van der Waals surface area contributed by atoms with Gasteiger partial charge in [0, 0.05) is 62.2 Å². The molecule has 3 aromatic heterocycles. The fourth-order valence-electron chi connectivity index (χ4n) is 4.51. The number of carbonyl (C=O) groups excluding carboxylic acids is 1. The molecular formula is C25H34ClN7O2. The maximum absolute atomic E-state index is 12.7. The van der Waals surface area contributed by atoms with Crippen molar-refractivity contribution >= 4 is 40.2 Å². The van der Waals surface area contributed by atoms with Crippen LogP contribution in [-0.2, 0) is 4.74 Å². The summed E-state index contributed by atoms with van der Waals surface area (Å²) in [6.07, 6.45) is 5.08. The minimum Gasteiger partial charge on any atom is -0.444 e. The first kappa shape index (κ1) is 25.0. The molecule has 1 aliphatic rings. The van der Waals surface area contributed by atoms with Crippen LogP contribution in [0.3, 0.4) is 0 Å². The van der Waals surface area contributed by atoms with Crippen LogP contribution in [0.1, 0.15) is 41.5 Å². The number of hydrogen-bond acceptors (Lipinski definition) is 7. The van der Waals surface area contributed by atoms with Gasteiger partial charge in [-0.15, -0.1) is 0 Å². The molecule has 1 fully saturated rings. The summed E-state index contributed by atoms with van der Waals surface area (Å²) in [5, 5.41) is 1.58. The topological polar surface area (TPSA) is 79.6 Å². The van der Waals surface area contributed by atoms with Gasteiger partial charge in [-0.25, -0.2) is 19.7 Å². The molecule has 3 aromatic rings. The Morgan fingerprint density at radius 2 is 1.94 bits per heavy atom. The van der Waals surface area contributed by atoms with Gasteiger partial charge in [-0.2, -0.15) is 0 Å². The molecular weight excluding hydrogens is 466 g/mol. The minimum atomic E-state index is -0.522. The van der Waals surface area contributed by atoms with E-state index in [1.54, 1.807) is 23.5 Å². The Labute approximate surface area is 211 Å². The van der Waals surface area contributed by atoms with Crippen molar-refractivity contribution < 1.29 is 9.53 Å². The Kier molecular flexibility index (Phi) is 7.07. The molecule has 1 atom stereocenters. The molecule has 4 heterocycles. The second-order valence-corrected chi connectivity index (χ2v) is 10.2. The van der Waals surface area contributed by atoms with Crippen molar-refractivity contribution in [2.75, 3.05) is 42.5 Å². The number of ether oxygens (including phenoxy) is 1. The Balaban J connectivity index is 1.75. The molecule has 1 aliphatic heterocycles. The zero-order valence-electron chi connectivity index (χ0n) is 21.3. The van der Waals surface area contributed by atoms with E-state index in [-0.39, 0.29) is 12.1 Å². The number of pyridine rings is 1. The Morgan fingerprint density at radius 1 is 1.20 bits per heavy atom. The fourth-order valence-corrected chi connectivity index (χ4v) is 4.67. The Morgan fingerprint density at radius 3 is 2.57 bits per heavy atom. The predicted molar refractivity (Wildman–Crippen MR) is 140 cm³/mol. The van der Waals surface area contributed by atoms with Crippen LogP contribution in [0.5, 0.6) is 0 Å². The summed E-state index contributed by atoms with van der Waals surface area (Å²) in [6, 6.07) is 3.64. The van der Waals surface area contributed by atoms with Gasteiger partial charge in [0.2, 0.25) is 0 Å². The molecule has 4 rings (SSSR count). The summed E-state index contributed by atoms with van der Waals surface area (Å²) in [5.74, 6) is 1.56. The highest BCUT2D eigenvalue weighted by Crippen LogP contribution is 2.37. The van der Waals surface area contributed by atoms with Crippen molar-refractivity contribution in [1.82, 2.24) is 24.4 Å². The molecule has 0 N–H and O–H groups in total. The number of nitrogens with zero attached hydrogens (tertiary/aromatic N) is 7. The van der Waals surface area contributed by atoms with Gasteiger partial charge in [0.1, 0.15) is 23.6 Å². The average Bonchev–Trinajstić information content (AvgIpc) is 3.19. The fraction of sp³-hybridized carbons (Fsp3) is 0.520. The number of carbonyl (C=O) groups is 1. The first-order valence-electron chi connectivity index (χ1n) is 12.1. The number of amides is 1. The third-order valence-electron chi connectivity index (χ3n) is 6.15. The quantitative estimate of drug-likeness (QED) is 0.500. The van der Waals surface area contributed by atoms with E-state index in [1.165, 1.54) is 0 Å². The molecule has 0 aliphatic carbocycles. The van der Waals surface area contributed by atoms with Crippen molar-refractivity contribution in [3.63, 3.8) is 0 Å². The number of piperazine rings is 1. The Bertz CT molecular complexity index is 1200. The van der Waals surface area contributed by atoms with E-state index in [4.69, 9.17) is 21.3 Å². The molecule has 1 amide bonds. The summed E-state index contributed by atoms with van der Waals surface area (Å²) >= 11 is 6.27. The summed E-state index contributed by atoms with van der Waals surface area (Å²) in [5.41, 5.74) is 1.30. The van der Waals surface area contributed by atoms with E-state index < -0.39 is 5.60 Å². The molecule has 0 radical (unpaired) electrons. The standard InChI is InChI=1S/C25H34ClN7O2/c1-7-30(8-2)19-15-33(20-13-18(26)9-10-27-20)23-21(19)22(28-16-29-23)32-12-11-31(14-17(32)3)24(34)35-25(4,5)6/h9-10,13,15-17H,7-8,11-12,14H2,1-6H3. The summed E-state index contributed by atoms with van der Waals surface area (Å²) in [7, 11) is 0. The SMILES string of the molecule is CCN(CC)c1cn(-c2cc(Cl)ccn2)c2ncnc(N3CCN(C(=O)OC(C)(C)C)CC3C)c12. The molecule has 9 nitrogen and oxygen atoms in total. The van der Waals surface area contributed by atoms with Crippen LogP contribution in [0, 0.1) is 0 Å². The van der Waals surface area contributed by atoms with E-state index in [1.807, 2.05) is 31.4 Å². The molecule has 0 aromatic carbocycles. The lowest BCUT2D eigenvalue weighted by Crippen LogP contribution is -2.54. The number of aromatic nitrogens is 4. The molecule has 0 saturated carbocycles. The maximum Gasteiger partial charge on any atom is 0.410 e.